The highest BCUT2D eigenvalue weighted by atomic mass is 32.2. The van der Waals surface area contributed by atoms with Crippen LogP contribution in [0.25, 0.3) is 0 Å². The van der Waals surface area contributed by atoms with E-state index in [0.717, 1.165) is 5.56 Å². The van der Waals surface area contributed by atoms with E-state index in [1.54, 1.807) is 12.3 Å². The molecule has 0 aromatic carbocycles. The van der Waals surface area contributed by atoms with Crippen LogP contribution in [0, 0.1) is 0 Å². The van der Waals surface area contributed by atoms with Crippen LogP contribution >= 0.6 is 0 Å². The SMILES string of the molecule is CCCS(=O)(=O)c1cc(C(C)C)ccn1. The molecule has 0 unspecified atom stereocenters. The Labute approximate surface area is 91.5 Å². The Morgan fingerprint density at radius 1 is 1.40 bits per heavy atom. The topological polar surface area (TPSA) is 47.0 Å². The predicted octanol–water partition coefficient (Wildman–Crippen LogP) is 2.39. The maximum Gasteiger partial charge on any atom is 0.195 e. The molecule has 3 nitrogen and oxygen atoms in total. The average Bonchev–Trinajstić information content (AvgIpc) is 2.18. The Morgan fingerprint density at radius 3 is 2.60 bits per heavy atom. The molecule has 0 aliphatic rings. The van der Waals surface area contributed by atoms with E-state index >= 15 is 0 Å². The van der Waals surface area contributed by atoms with Crippen molar-refractivity contribution in [1.82, 2.24) is 4.98 Å². The molecule has 0 saturated heterocycles. The van der Waals surface area contributed by atoms with Crippen molar-refractivity contribution >= 4 is 9.84 Å². The summed E-state index contributed by atoms with van der Waals surface area (Å²) in [5.74, 6) is 0.491. The molecule has 0 aliphatic heterocycles. The third-order valence-electron chi connectivity index (χ3n) is 2.22. The summed E-state index contributed by atoms with van der Waals surface area (Å²) >= 11 is 0. The van der Waals surface area contributed by atoms with E-state index in [0.29, 0.717) is 12.3 Å². The van der Waals surface area contributed by atoms with Crippen LogP contribution in [0.15, 0.2) is 23.4 Å². The minimum absolute atomic E-state index is 0.168. The fourth-order valence-electron chi connectivity index (χ4n) is 1.33. The van der Waals surface area contributed by atoms with Crippen LogP contribution in [0.5, 0.6) is 0 Å². The zero-order chi connectivity index (χ0) is 11.5. The van der Waals surface area contributed by atoms with Crippen LogP contribution < -0.4 is 0 Å². The van der Waals surface area contributed by atoms with Gasteiger partial charge in [0.15, 0.2) is 14.9 Å². The van der Waals surface area contributed by atoms with Crippen molar-refractivity contribution in [1.29, 1.82) is 0 Å². The maximum atomic E-state index is 11.7. The lowest BCUT2D eigenvalue weighted by Crippen LogP contribution is -2.08. The molecule has 0 aliphatic carbocycles. The van der Waals surface area contributed by atoms with Gasteiger partial charge in [-0.2, -0.15) is 0 Å². The molecule has 0 fully saturated rings. The van der Waals surface area contributed by atoms with Gasteiger partial charge in [0.05, 0.1) is 5.75 Å². The number of hydrogen-bond acceptors (Lipinski definition) is 3. The molecule has 1 heterocycles. The van der Waals surface area contributed by atoms with Gasteiger partial charge in [-0.05, 0) is 30.0 Å². The number of rotatable bonds is 4. The molecule has 1 rings (SSSR count). The Hall–Kier alpha value is -0.900. The van der Waals surface area contributed by atoms with Crippen LogP contribution in [0.3, 0.4) is 0 Å². The first-order chi connectivity index (χ1) is 6.97. The first-order valence-electron chi connectivity index (χ1n) is 5.16. The van der Waals surface area contributed by atoms with E-state index in [2.05, 4.69) is 4.98 Å². The molecule has 1 aromatic rings. The van der Waals surface area contributed by atoms with Crippen molar-refractivity contribution in [3.05, 3.63) is 23.9 Å². The number of hydrogen-bond donors (Lipinski definition) is 0. The van der Waals surface area contributed by atoms with Gasteiger partial charge in [-0.3, -0.25) is 0 Å². The van der Waals surface area contributed by atoms with Crippen LogP contribution in [0.4, 0.5) is 0 Å². The monoisotopic (exact) mass is 227 g/mol. The number of pyridine rings is 1. The van der Waals surface area contributed by atoms with Gasteiger partial charge in [0.2, 0.25) is 0 Å². The molecule has 15 heavy (non-hydrogen) atoms. The lowest BCUT2D eigenvalue weighted by Gasteiger charge is -2.07. The highest BCUT2D eigenvalue weighted by Crippen LogP contribution is 2.17. The Balaban J connectivity index is 3.11. The van der Waals surface area contributed by atoms with Crippen LogP contribution in [0.2, 0.25) is 0 Å². The first-order valence-corrected chi connectivity index (χ1v) is 6.81. The molecule has 0 spiro atoms. The molecule has 0 atom stereocenters. The third-order valence-corrected chi connectivity index (χ3v) is 4.02. The largest absolute Gasteiger partial charge is 0.245 e. The van der Waals surface area contributed by atoms with Gasteiger partial charge < -0.3 is 0 Å². The molecule has 1 aromatic heterocycles. The van der Waals surface area contributed by atoms with Gasteiger partial charge in [0.25, 0.3) is 0 Å². The van der Waals surface area contributed by atoms with Gasteiger partial charge >= 0.3 is 0 Å². The van der Waals surface area contributed by atoms with Crippen LogP contribution in [0.1, 0.15) is 38.7 Å². The summed E-state index contributed by atoms with van der Waals surface area (Å²) in [5, 5.41) is 0.204. The van der Waals surface area contributed by atoms with Gasteiger partial charge in [-0.1, -0.05) is 20.8 Å². The Kier molecular flexibility index (Phi) is 3.85. The van der Waals surface area contributed by atoms with Crippen LogP contribution in [-0.2, 0) is 9.84 Å². The molecule has 4 heteroatoms. The fraction of sp³-hybridized carbons (Fsp3) is 0.545. The van der Waals surface area contributed by atoms with Crippen molar-refractivity contribution in [3.8, 4) is 0 Å². The second kappa shape index (κ2) is 4.75. The minimum atomic E-state index is -3.18. The highest BCUT2D eigenvalue weighted by molar-refractivity contribution is 7.91. The fourth-order valence-corrected chi connectivity index (χ4v) is 2.61. The van der Waals surface area contributed by atoms with Crippen molar-refractivity contribution < 1.29 is 8.42 Å². The normalized spacial score (nSPS) is 12.0. The summed E-state index contributed by atoms with van der Waals surface area (Å²) in [4.78, 5) is 3.92. The molecule has 0 amide bonds. The number of aromatic nitrogens is 1. The molecular weight excluding hydrogens is 210 g/mol. The Morgan fingerprint density at radius 2 is 2.07 bits per heavy atom. The summed E-state index contributed by atoms with van der Waals surface area (Å²) in [6, 6.07) is 3.53. The standard InChI is InChI=1S/C11H17NO2S/c1-4-7-15(13,14)11-8-10(9(2)3)5-6-12-11/h5-6,8-9H,4,7H2,1-3H3. The zero-order valence-electron chi connectivity index (χ0n) is 9.40. The van der Waals surface area contributed by atoms with E-state index in [1.165, 1.54) is 0 Å². The lowest BCUT2D eigenvalue weighted by atomic mass is 10.1. The van der Waals surface area contributed by atoms with Crippen molar-refractivity contribution in [2.45, 2.75) is 38.1 Å². The van der Waals surface area contributed by atoms with Gasteiger partial charge in [-0.25, -0.2) is 13.4 Å². The molecule has 0 bridgehead atoms. The van der Waals surface area contributed by atoms with E-state index in [1.807, 2.05) is 26.8 Å². The van der Waals surface area contributed by atoms with E-state index < -0.39 is 9.84 Å². The van der Waals surface area contributed by atoms with Crippen LogP contribution in [-0.4, -0.2) is 19.2 Å². The summed E-state index contributed by atoms with van der Waals surface area (Å²) in [5.41, 5.74) is 1.01. The van der Waals surface area contributed by atoms with E-state index in [-0.39, 0.29) is 10.8 Å². The highest BCUT2D eigenvalue weighted by Gasteiger charge is 2.15. The lowest BCUT2D eigenvalue weighted by molar-refractivity contribution is 0.590. The maximum absolute atomic E-state index is 11.7. The summed E-state index contributed by atoms with van der Waals surface area (Å²) < 4.78 is 23.5. The number of sulfone groups is 1. The Bertz CT molecular complexity index is 424. The summed E-state index contributed by atoms with van der Waals surface area (Å²) in [6.07, 6.45) is 2.19. The van der Waals surface area contributed by atoms with Gasteiger partial charge in [-0.15, -0.1) is 0 Å². The first kappa shape index (κ1) is 12.2. The second-order valence-corrected chi connectivity index (χ2v) is 5.96. The van der Waals surface area contributed by atoms with E-state index in [4.69, 9.17) is 0 Å². The molecular formula is C11H17NO2S. The van der Waals surface area contributed by atoms with Crippen molar-refractivity contribution in [2.24, 2.45) is 0 Å². The third kappa shape index (κ3) is 3.02. The molecule has 84 valence electrons. The molecule has 0 saturated carbocycles. The smallest absolute Gasteiger partial charge is 0.195 e. The molecule has 0 radical (unpaired) electrons. The number of nitrogens with zero attached hydrogens (tertiary/aromatic N) is 1. The predicted molar refractivity (Wildman–Crippen MR) is 60.7 cm³/mol. The summed E-state index contributed by atoms with van der Waals surface area (Å²) in [6.45, 7) is 5.92. The van der Waals surface area contributed by atoms with E-state index in [9.17, 15) is 8.42 Å². The van der Waals surface area contributed by atoms with Gasteiger partial charge in [0, 0.05) is 6.20 Å². The van der Waals surface area contributed by atoms with Crippen molar-refractivity contribution in [3.63, 3.8) is 0 Å². The quantitative estimate of drug-likeness (QED) is 0.793. The summed E-state index contributed by atoms with van der Waals surface area (Å²) in [7, 11) is -3.18. The average molecular weight is 227 g/mol. The molecule has 0 N–H and O–H groups in total. The van der Waals surface area contributed by atoms with Gasteiger partial charge in [0.1, 0.15) is 0 Å². The van der Waals surface area contributed by atoms with Crippen molar-refractivity contribution in [2.75, 3.05) is 5.75 Å². The zero-order valence-corrected chi connectivity index (χ0v) is 10.2. The minimum Gasteiger partial charge on any atom is -0.245 e. The second-order valence-electron chi connectivity index (χ2n) is 3.90.